The van der Waals surface area contributed by atoms with Crippen molar-refractivity contribution in [2.24, 2.45) is 0 Å². The molecular formula is C31H38N2O6. The number of carboxylic acids is 2. The van der Waals surface area contributed by atoms with E-state index >= 15 is 0 Å². The SMILES string of the molecule is CC1(C)CCC(C)(C)c2c(N3CCN(CCC(=O)O)CC3)cc(C(=O)C=Cc3ccc(C(=O)O)c(O)c3)cc21. The van der Waals surface area contributed by atoms with Gasteiger partial charge in [-0.1, -0.05) is 39.8 Å². The molecule has 1 aliphatic carbocycles. The summed E-state index contributed by atoms with van der Waals surface area (Å²) in [6.07, 6.45) is 5.23. The van der Waals surface area contributed by atoms with Crippen LogP contribution in [0, 0.1) is 0 Å². The predicted octanol–water partition coefficient (Wildman–Crippen LogP) is 4.93. The van der Waals surface area contributed by atoms with Crippen molar-refractivity contribution < 1.29 is 29.7 Å². The van der Waals surface area contributed by atoms with Gasteiger partial charge in [-0.25, -0.2) is 4.79 Å². The van der Waals surface area contributed by atoms with Gasteiger partial charge in [0, 0.05) is 44.0 Å². The van der Waals surface area contributed by atoms with Crippen LogP contribution >= 0.6 is 0 Å². The van der Waals surface area contributed by atoms with Crippen LogP contribution in [0.15, 0.2) is 36.4 Å². The van der Waals surface area contributed by atoms with Crippen molar-refractivity contribution in [3.8, 4) is 5.75 Å². The highest BCUT2D eigenvalue weighted by atomic mass is 16.4. The molecule has 39 heavy (non-hydrogen) atoms. The molecule has 8 nitrogen and oxygen atoms in total. The molecule has 0 spiro atoms. The maximum absolute atomic E-state index is 13.4. The first-order valence-electron chi connectivity index (χ1n) is 13.5. The van der Waals surface area contributed by atoms with E-state index in [4.69, 9.17) is 10.2 Å². The summed E-state index contributed by atoms with van der Waals surface area (Å²) < 4.78 is 0. The van der Waals surface area contributed by atoms with E-state index in [1.165, 1.54) is 29.3 Å². The zero-order chi connectivity index (χ0) is 28.5. The number of ketones is 1. The Balaban J connectivity index is 1.68. The molecular weight excluding hydrogens is 496 g/mol. The van der Waals surface area contributed by atoms with Crippen molar-refractivity contribution in [3.63, 3.8) is 0 Å². The number of piperazine rings is 1. The second-order valence-corrected chi connectivity index (χ2v) is 11.9. The Bertz CT molecular complexity index is 1320. The molecule has 1 saturated heterocycles. The highest BCUT2D eigenvalue weighted by molar-refractivity contribution is 6.08. The molecule has 0 unspecified atom stereocenters. The van der Waals surface area contributed by atoms with Crippen LogP contribution < -0.4 is 4.90 Å². The molecule has 2 aromatic carbocycles. The van der Waals surface area contributed by atoms with Crippen LogP contribution in [-0.4, -0.2) is 70.7 Å². The first-order chi connectivity index (χ1) is 18.3. The van der Waals surface area contributed by atoms with Crippen LogP contribution in [0.2, 0.25) is 0 Å². The number of fused-ring (bicyclic) bond motifs is 1. The van der Waals surface area contributed by atoms with Crippen LogP contribution in [0.4, 0.5) is 5.69 Å². The van der Waals surface area contributed by atoms with Crippen molar-refractivity contribution in [2.75, 3.05) is 37.6 Å². The van der Waals surface area contributed by atoms with Gasteiger partial charge in [-0.2, -0.15) is 0 Å². The predicted molar refractivity (Wildman–Crippen MR) is 151 cm³/mol. The Kier molecular flexibility index (Phi) is 7.89. The Morgan fingerprint density at radius 3 is 2.21 bits per heavy atom. The number of aromatic carboxylic acids is 1. The molecule has 4 rings (SSSR count). The third-order valence-corrected chi connectivity index (χ3v) is 8.22. The van der Waals surface area contributed by atoms with E-state index in [9.17, 15) is 19.5 Å². The molecule has 2 aromatic rings. The van der Waals surface area contributed by atoms with E-state index in [2.05, 4.69) is 37.5 Å². The van der Waals surface area contributed by atoms with Crippen molar-refractivity contribution in [3.05, 3.63) is 64.2 Å². The Morgan fingerprint density at radius 2 is 1.59 bits per heavy atom. The molecule has 3 N–H and O–H groups in total. The van der Waals surface area contributed by atoms with Crippen LogP contribution in [0.5, 0.6) is 5.75 Å². The van der Waals surface area contributed by atoms with Crippen LogP contribution in [-0.2, 0) is 15.6 Å². The van der Waals surface area contributed by atoms with Crippen LogP contribution in [0.3, 0.4) is 0 Å². The van der Waals surface area contributed by atoms with E-state index in [1.54, 1.807) is 12.1 Å². The quantitative estimate of drug-likeness (QED) is 0.322. The second-order valence-electron chi connectivity index (χ2n) is 11.9. The molecule has 0 atom stereocenters. The van der Waals surface area contributed by atoms with Gasteiger partial charge in [0.15, 0.2) is 5.78 Å². The summed E-state index contributed by atoms with van der Waals surface area (Å²) >= 11 is 0. The van der Waals surface area contributed by atoms with E-state index in [1.807, 2.05) is 12.1 Å². The number of aromatic hydroxyl groups is 1. The molecule has 0 aromatic heterocycles. The first kappa shape index (κ1) is 28.4. The van der Waals surface area contributed by atoms with Gasteiger partial charge in [0.25, 0.3) is 0 Å². The molecule has 2 aliphatic rings. The van der Waals surface area contributed by atoms with Gasteiger partial charge in [0.05, 0.1) is 6.42 Å². The van der Waals surface area contributed by atoms with Crippen molar-refractivity contribution >= 4 is 29.5 Å². The molecule has 8 heteroatoms. The van der Waals surface area contributed by atoms with Gasteiger partial charge in [-0.05, 0) is 70.7 Å². The smallest absolute Gasteiger partial charge is 0.339 e. The number of nitrogens with zero attached hydrogens (tertiary/aromatic N) is 2. The molecule has 0 saturated carbocycles. The third-order valence-electron chi connectivity index (χ3n) is 8.22. The number of hydrogen-bond acceptors (Lipinski definition) is 6. The number of anilines is 1. The zero-order valence-corrected chi connectivity index (χ0v) is 23.2. The average molecular weight is 535 g/mol. The number of hydrogen-bond donors (Lipinski definition) is 3. The van der Waals surface area contributed by atoms with E-state index in [0.717, 1.165) is 44.7 Å². The fraction of sp³-hybridized carbons (Fsp3) is 0.452. The zero-order valence-electron chi connectivity index (χ0n) is 23.2. The number of rotatable bonds is 8. The maximum Gasteiger partial charge on any atom is 0.339 e. The Hall–Kier alpha value is -3.65. The summed E-state index contributed by atoms with van der Waals surface area (Å²) in [5.41, 5.74) is 4.32. The number of aliphatic carboxylic acids is 1. The van der Waals surface area contributed by atoms with E-state index < -0.39 is 11.9 Å². The normalized spacial score (nSPS) is 18.6. The molecule has 1 aliphatic heterocycles. The number of allylic oxidation sites excluding steroid dienone is 1. The Morgan fingerprint density at radius 1 is 0.923 bits per heavy atom. The molecule has 208 valence electrons. The Labute approximate surface area is 229 Å². The molecule has 1 fully saturated rings. The fourth-order valence-corrected chi connectivity index (χ4v) is 5.72. The summed E-state index contributed by atoms with van der Waals surface area (Å²) in [4.78, 5) is 40.1. The fourth-order valence-electron chi connectivity index (χ4n) is 5.72. The van der Waals surface area contributed by atoms with E-state index in [0.29, 0.717) is 17.7 Å². The molecule has 1 heterocycles. The van der Waals surface area contributed by atoms with Gasteiger partial charge >= 0.3 is 11.9 Å². The van der Waals surface area contributed by atoms with Crippen LogP contribution in [0.1, 0.15) is 84.4 Å². The second kappa shape index (κ2) is 10.8. The van der Waals surface area contributed by atoms with Gasteiger partial charge in [0.2, 0.25) is 0 Å². The number of phenols is 1. The first-order valence-corrected chi connectivity index (χ1v) is 13.5. The minimum Gasteiger partial charge on any atom is -0.507 e. The summed E-state index contributed by atoms with van der Waals surface area (Å²) in [5, 5.41) is 28.2. The summed E-state index contributed by atoms with van der Waals surface area (Å²) in [5.74, 6) is -2.52. The molecule has 0 bridgehead atoms. The lowest BCUT2D eigenvalue weighted by molar-refractivity contribution is -0.137. The third kappa shape index (κ3) is 6.17. The minimum absolute atomic E-state index is 0.0541. The maximum atomic E-state index is 13.4. The molecule has 0 radical (unpaired) electrons. The lowest BCUT2D eigenvalue weighted by Crippen LogP contribution is -2.48. The van der Waals surface area contributed by atoms with Crippen LogP contribution in [0.25, 0.3) is 6.08 Å². The topological polar surface area (TPSA) is 118 Å². The summed E-state index contributed by atoms with van der Waals surface area (Å²) in [6.45, 7) is 12.6. The summed E-state index contributed by atoms with van der Waals surface area (Å²) in [7, 11) is 0. The molecule has 0 amide bonds. The van der Waals surface area contributed by atoms with E-state index in [-0.39, 0.29) is 34.3 Å². The largest absolute Gasteiger partial charge is 0.507 e. The standard InChI is InChI=1S/C31H38N2O6/c1-30(2)10-11-31(3,4)28-23(30)18-21(19-24(28)33-15-13-32(14-16-33)12-9-27(36)37)25(34)8-6-20-5-7-22(29(38)39)26(35)17-20/h5-8,17-19,35H,9-16H2,1-4H3,(H,36,37)(H,38,39). The van der Waals surface area contributed by atoms with Crippen molar-refractivity contribution in [1.82, 2.24) is 4.90 Å². The number of carbonyl (C=O) groups is 3. The van der Waals surface area contributed by atoms with Gasteiger partial charge < -0.3 is 20.2 Å². The monoisotopic (exact) mass is 534 g/mol. The van der Waals surface area contributed by atoms with Gasteiger partial charge in [-0.3, -0.25) is 14.5 Å². The van der Waals surface area contributed by atoms with Gasteiger partial charge in [0.1, 0.15) is 11.3 Å². The number of benzene rings is 2. The number of carbonyl (C=O) groups excluding carboxylic acids is 1. The highest BCUT2D eigenvalue weighted by Crippen LogP contribution is 2.50. The average Bonchev–Trinajstić information content (AvgIpc) is 2.88. The number of carboxylic acid groups (broad SMARTS) is 2. The highest BCUT2D eigenvalue weighted by Gasteiger charge is 2.40. The summed E-state index contributed by atoms with van der Waals surface area (Å²) in [6, 6.07) is 8.23. The van der Waals surface area contributed by atoms with Gasteiger partial charge in [-0.15, -0.1) is 0 Å². The lowest BCUT2D eigenvalue weighted by atomic mass is 9.62. The lowest BCUT2D eigenvalue weighted by Gasteiger charge is -2.46. The minimum atomic E-state index is -1.21. The van der Waals surface area contributed by atoms with Crippen molar-refractivity contribution in [1.29, 1.82) is 0 Å². The van der Waals surface area contributed by atoms with Crippen molar-refractivity contribution in [2.45, 2.75) is 57.8 Å².